The SMILES string of the molecule is CC(C)CSCCc1nc(C(C)(C)C)cn1C. The van der Waals surface area contributed by atoms with Crippen LogP contribution in [0.25, 0.3) is 0 Å². The largest absolute Gasteiger partial charge is 0.338 e. The lowest BCUT2D eigenvalue weighted by atomic mass is 9.93. The summed E-state index contributed by atoms with van der Waals surface area (Å²) in [7, 11) is 2.10. The van der Waals surface area contributed by atoms with Crippen LogP contribution in [0.3, 0.4) is 0 Å². The minimum atomic E-state index is 0.154. The molecule has 0 spiro atoms. The number of hydrogen-bond donors (Lipinski definition) is 0. The molecular weight excluding hydrogens is 228 g/mol. The van der Waals surface area contributed by atoms with Crippen molar-refractivity contribution < 1.29 is 0 Å². The molecule has 0 aliphatic heterocycles. The lowest BCUT2D eigenvalue weighted by Gasteiger charge is -2.13. The molecule has 1 aromatic heterocycles. The van der Waals surface area contributed by atoms with Crippen LogP contribution < -0.4 is 0 Å². The monoisotopic (exact) mass is 254 g/mol. The number of thioether (sulfide) groups is 1. The molecule has 3 heteroatoms. The van der Waals surface area contributed by atoms with Crippen molar-refractivity contribution >= 4 is 11.8 Å². The number of rotatable bonds is 5. The first kappa shape index (κ1) is 14.6. The zero-order valence-corrected chi connectivity index (χ0v) is 12.9. The zero-order valence-electron chi connectivity index (χ0n) is 12.1. The standard InChI is InChI=1S/C14H26N2S/c1-11(2)10-17-8-7-13-15-12(9-16(13)6)14(3,4)5/h9,11H,7-8,10H2,1-6H3. The number of imidazole rings is 1. The van der Waals surface area contributed by atoms with Gasteiger partial charge in [-0.3, -0.25) is 0 Å². The maximum Gasteiger partial charge on any atom is 0.109 e. The number of nitrogens with zero attached hydrogens (tertiary/aromatic N) is 2. The van der Waals surface area contributed by atoms with Crippen LogP contribution in [0.2, 0.25) is 0 Å². The molecule has 0 fully saturated rings. The van der Waals surface area contributed by atoms with Crippen LogP contribution in [0, 0.1) is 5.92 Å². The Labute approximate surface area is 110 Å². The third kappa shape index (κ3) is 4.74. The van der Waals surface area contributed by atoms with E-state index in [1.54, 1.807) is 0 Å². The van der Waals surface area contributed by atoms with Crippen molar-refractivity contribution in [3.63, 3.8) is 0 Å². The fourth-order valence-corrected chi connectivity index (χ4v) is 2.55. The summed E-state index contributed by atoms with van der Waals surface area (Å²) in [6, 6.07) is 0. The molecule has 0 saturated carbocycles. The highest BCUT2D eigenvalue weighted by Gasteiger charge is 2.18. The van der Waals surface area contributed by atoms with Gasteiger partial charge in [0.25, 0.3) is 0 Å². The second-order valence-corrected chi connectivity index (χ2v) is 7.27. The molecule has 0 unspecified atom stereocenters. The van der Waals surface area contributed by atoms with Gasteiger partial charge in [0.15, 0.2) is 0 Å². The molecule has 2 nitrogen and oxygen atoms in total. The molecule has 0 N–H and O–H groups in total. The average Bonchev–Trinajstić information content (AvgIpc) is 2.54. The van der Waals surface area contributed by atoms with Crippen molar-refractivity contribution in [2.45, 2.75) is 46.5 Å². The Hall–Kier alpha value is -0.440. The molecular formula is C14H26N2S. The van der Waals surface area contributed by atoms with Gasteiger partial charge in [-0.1, -0.05) is 34.6 Å². The second-order valence-electron chi connectivity index (χ2n) is 6.12. The van der Waals surface area contributed by atoms with Gasteiger partial charge in [0, 0.05) is 30.8 Å². The minimum Gasteiger partial charge on any atom is -0.338 e. The first-order chi connectivity index (χ1) is 7.80. The molecule has 0 amide bonds. The van der Waals surface area contributed by atoms with Gasteiger partial charge in [0.1, 0.15) is 5.82 Å². The van der Waals surface area contributed by atoms with E-state index in [0.29, 0.717) is 0 Å². The van der Waals surface area contributed by atoms with E-state index in [2.05, 4.69) is 52.4 Å². The summed E-state index contributed by atoms with van der Waals surface area (Å²) in [4.78, 5) is 4.75. The molecule has 0 aliphatic rings. The fourth-order valence-electron chi connectivity index (χ4n) is 1.58. The highest BCUT2D eigenvalue weighted by molar-refractivity contribution is 7.99. The van der Waals surface area contributed by atoms with E-state index >= 15 is 0 Å². The summed E-state index contributed by atoms with van der Waals surface area (Å²) < 4.78 is 2.18. The topological polar surface area (TPSA) is 17.8 Å². The second kappa shape index (κ2) is 5.94. The summed E-state index contributed by atoms with van der Waals surface area (Å²) in [5.74, 6) is 4.42. The van der Waals surface area contributed by atoms with Crippen molar-refractivity contribution in [3.05, 3.63) is 17.7 Å². The van der Waals surface area contributed by atoms with E-state index in [1.807, 2.05) is 11.8 Å². The molecule has 0 saturated heterocycles. The maximum absolute atomic E-state index is 4.75. The Morgan fingerprint density at radius 3 is 2.47 bits per heavy atom. The number of aryl methyl sites for hydroxylation is 2. The molecule has 1 aromatic rings. The molecule has 0 radical (unpaired) electrons. The van der Waals surface area contributed by atoms with E-state index in [4.69, 9.17) is 4.98 Å². The van der Waals surface area contributed by atoms with Crippen LogP contribution in [-0.2, 0) is 18.9 Å². The molecule has 1 heterocycles. The minimum absolute atomic E-state index is 0.154. The van der Waals surface area contributed by atoms with Crippen LogP contribution in [0.4, 0.5) is 0 Å². The average molecular weight is 254 g/mol. The van der Waals surface area contributed by atoms with Gasteiger partial charge in [-0.2, -0.15) is 11.8 Å². The van der Waals surface area contributed by atoms with Crippen LogP contribution >= 0.6 is 11.8 Å². The molecule has 0 aliphatic carbocycles. The number of hydrogen-bond acceptors (Lipinski definition) is 2. The Kier molecular flexibility index (Phi) is 5.11. The summed E-state index contributed by atoms with van der Waals surface area (Å²) in [6.07, 6.45) is 3.24. The summed E-state index contributed by atoms with van der Waals surface area (Å²) in [5.41, 5.74) is 1.35. The highest BCUT2D eigenvalue weighted by Crippen LogP contribution is 2.21. The van der Waals surface area contributed by atoms with Crippen molar-refractivity contribution in [2.24, 2.45) is 13.0 Å². The van der Waals surface area contributed by atoms with Gasteiger partial charge in [0.2, 0.25) is 0 Å². The van der Waals surface area contributed by atoms with Crippen LogP contribution in [-0.4, -0.2) is 21.1 Å². The summed E-state index contributed by atoms with van der Waals surface area (Å²) in [5, 5.41) is 0. The molecule has 98 valence electrons. The van der Waals surface area contributed by atoms with Crippen LogP contribution in [0.5, 0.6) is 0 Å². The normalized spacial score (nSPS) is 12.4. The first-order valence-corrected chi connectivity index (χ1v) is 7.56. The Morgan fingerprint density at radius 2 is 2.00 bits per heavy atom. The lowest BCUT2D eigenvalue weighted by molar-refractivity contribution is 0.570. The summed E-state index contributed by atoms with van der Waals surface area (Å²) >= 11 is 2.03. The number of aromatic nitrogens is 2. The Morgan fingerprint density at radius 1 is 1.35 bits per heavy atom. The van der Waals surface area contributed by atoms with Gasteiger partial charge in [-0.25, -0.2) is 4.98 Å². The quantitative estimate of drug-likeness (QED) is 0.746. The van der Waals surface area contributed by atoms with Gasteiger partial charge >= 0.3 is 0 Å². The van der Waals surface area contributed by atoms with Gasteiger partial charge in [-0.15, -0.1) is 0 Å². The molecule has 0 atom stereocenters. The molecule has 0 aromatic carbocycles. The first-order valence-electron chi connectivity index (χ1n) is 6.41. The predicted octanol–water partition coefficient (Wildman–Crippen LogP) is 3.65. The van der Waals surface area contributed by atoms with Gasteiger partial charge in [0.05, 0.1) is 5.69 Å². The fraction of sp³-hybridized carbons (Fsp3) is 0.786. The van der Waals surface area contributed by atoms with E-state index < -0.39 is 0 Å². The maximum atomic E-state index is 4.75. The Bertz CT molecular complexity index is 348. The van der Waals surface area contributed by atoms with Crippen molar-refractivity contribution in [1.29, 1.82) is 0 Å². The third-order valence-corrected chi connectivity index (χ3v) is 4.06. The van der Waals surface area contributed by atoms with Crippen LogP contribution in [0.1, 0.15) is 46.1 Å². The lowest BCUT2D eigenvalue weighted by Crippen LogP contribution is -2.11. The third-order valence-electron chi connectivity index (χ3n) is 2.66. The van der Waals surface area contributed by atoms with Crippen molar-refractivity contribution in [3.8, 4) is 0 Å². The predicted molar refractivity (Wildman–Crippen MR) is 77.8 cm³/mol. The van der Waals surface area contributed by atoms with Crippen LogP contribution in [0.15, 0.2) is 6.20 Å². The van der Waals surface area contributed by atoms with Gasteiger partial charge < -0.3 is 4.57 Å². The van der Waals surface area contributed by atoms with E-state index in [1.165, 1.54) is 23.0 Å². The van der Waals surface area contributed by atoms with E-state index in [-0.39, 0.29) is 5.41 Å². The van der Waals surface area contributed by atoms with E-state index in [0.717, 1.165) is 12.3 Å². The zero-order chi connectivity index (χ0) is 13.1. The Balaban J connectivity index is 2.52. The van der Waals surface area contributed by atoms with Crippen molar-refractivity contribution in [1.82, 2.24) is 9.55 Å². The summed E-state index contributed by atoms with van der Waals surface area (Å²) in [6.45, 7) is 11.2. The van der Waals surface area contributed by atoms with E-state index in [9.17, 15) is 0 Å². The smallest absolute Gasteiger partial charge is 0.109 e. The van der Waals surface area contributed by atoms with Crippen molar-refractivity contribution in [2.75, 3.05) is 11.5 Å². The highest BCUT2D eigenvalue weighted by atomic mass is 32.2. The van der Waals surface area contributed by atoms with Gasteiger partial charge in [-0.05, 0) is 11.7 Å². The molecule has 1 rings (SSSR count). The molecule has 17 heavy (non-hydrogen) atoms. The molecule has 0 bridgehead atoms.